The van der Waals surface area contributed by atoms with E-state index in [1.165, 1.54) is 25.3 Å². The van der Waals surface area contributed by atoms with Crippen LogP contribution in [0.1, 0.15) is 24.3 Å². The fourth-order valence-electron chi connectivity index (χ4n) is 2.01. The van der Waals surface area contributed by atoms with Gasteiger partial charge in [0, 0.05) is 5.56 Å². The number of hydrogen-bond donors (Lipinski definition) is 1. The van der Waals surface area contributed by atoms with Gasteiger partial charge in [-0.3, -0.25) is 0 Å². The largest absolute Gasteiger partial charge is 0.492 e. The zero-order chi connectivity index (χ0) is 18.0. The third kappa shape index (κ3) is 3.55. The Hall–Kier alpha value is -2.05. The lowest BCUT2D eigenvalue weighted by Crippen LogP contribution is -2.15. The molecular weight excluding hydrogens is 358 g/mol. The van der Waals surface area contributed by atoms with Gasteiger partial charge in [0.15, 0.2) is 17.3 Å². The number of benzene rings is 1. The quantitative estimate of drug-likeness (QED) is 0.807. The normalized spacial score (nSPS) is 10.8. The lowest BCUT2D eigenvalue weighted by molar-refractivity contribution is 0.0371. The van der Waals surface area contributed by atoms with Gasteiger partial charge in [-0.1, -0.05) is 23.2 Å². The van der Waals surface area contributed by atoms with Gasteiger partial charge in [-0.25, -0.2) is 14.2 Å². The Labute approximate surface area is 148 Å². The minimum atomic E-state index is -0.745. The first-order chi connectivity index (χ1) is 11.3. The van der Waals surface area contributed by atoms with Crippen molar-refractivity contribution in [2.75, 3.05) is 12.8 Å². The van der Waals surface area contributed by atoms with E-state index >= 15 is 0 Å². The van der Waals surface area contributed by atoms with Gasteiger partial charge in [0.05, 0.1) is 34.6 Å². The molecule has 24 heavy (non-hydrogen) atoms. The average Bonchev–Trinajstić information content (AvgIpc) is 2.49. The van der Waals surface area contributed by atoms with Crippen LogP contribution in [0.2, 0.25) is 10.0 Å². The number of carbonyl (C=O) groups is 1. The van der Waals surface area contributed by atoms with Crippen LogP contribution in [-0.2, 0) is 4.74 Å². The number of esters is 1. The highest BCUT2D eigenvalue weighted by Gasteiger charge is 2.22. The minimum absolute atomic E-state index is 0.0502. The summed E-state index contributed by atoms with van der Waals surface area (Å²) in [5, 5.41) is 0.0610. The fraction of sp³-hybridized carbons (Fsp3) is 0.250. The van der Waals surface area contributed by atoms with Gasteiger partial charge in [-0.15, -0.1) is 0 Å². The zero-order valence-electron chi connectivity index (χ0n) is 13.2. The van der Waals surface area contributed by atoms with Crippen molar-refractivity contribution in [3.05, 3.63) is 39.8 Å². The van der Waals surface area contributed by atoms with E-state index < -0.39 is 11.8 Å². The maximum Gasteiger partial charge on any atom is 0.358 e. The van der Waals surface area contributed by atoms with Crippen LogP contribution in [0.15, 0.2) is 18.2 Å². The van der Waals surface area contributed by atoms with E-state index in [1.807, 2.05) is 0 Å². The monoisotopic (exact) mass is 372 g/mol. The molecule has 5 nitrogen and oxygen atoms in total. The van der Waals surface area contributed by atoms with Crippen molar-refractivity contribution >= 4 is 34.9 Å². The first-order valence-corrected chi connectivity index (χ1v) is 7.71. The SMILES string of the molecule is COc1c(Cl)ccc(-c2cc(N)c(Cl)c(C(=O)OC(C)C)n2)c1F. The molecule has 0 saturated heterocycles. The molecule has 0 spiro atoms. The maximum atomic E-state index is 14.6. The third-order valence-corrected chi connectivity index (χ3v) is 3.75. The second-order valence-corrected chi connectivity index (χ2v) is 5.94. The molecule has 128 valence electrons. The number of pyridine rings is 1. The van der Waals surface area contributed by atoms with Gasteiger partial charge < -0.3 is 15.2 Å². The van der Waals surface area contributed by atoms with Crippen LogP contribution in [-0.4, -0.2) is 24.2 Å². The number of halogens is 3. The van der Waals surface area contributed by atoms with E-state index in [0.29, 0.717) is 0 Å². The average molecular weight is 373 g/mol. The van der Waals surface area contributed by atoms with Crippen LogP contribution in [0.25, 0.3) is 11.3 Å². The summed E-state index contributed by atoms with van der Waals surface area (Å²) in [6, 6.07) is 4.23. The number of hydrogen-bond acceptors (Lipinski definition) is 5. The summed E-state index contributed by atoms with van der Waals surface area (Å²) < 4.78 is 24.6. The molecule has 0 amide bonds. The Morgan fingerprint density at radius 3 is 2.58 bits per heavy atom. The molecule has 8 heteroatoms. The molecule has 0 aliphatic rings. The second kappa shape index (κ2) is 7.23. The molecule has 0 saturated carbocycles. The Bertz CT molecular complexity index is 797. The minimum Gasteiger partial charge on any atom is -0.492 e. The molecule has 1 aromatic carbocycles. The number of aromatic nitrogens is 1. The van der Waals surface area contributed by atoms with E-state index in [0.717, 1.165) is 0 Å². The number of ether oxygens (including phenoxy) is 2. The molecule has 0 unspecified atom stereocenters. The van der Waals surface area contributed by atoms with Crippen molar-refractivity contribution in [2.24, 2.45) is 0 Å². The Morgan fingerprint density at radius 2 is 2.00 bits per heavy atom. The van der Waals surface area contributed by atoms with Crippen LogP contribution in [0.4, 0.5) is 10.1 Å². The highest BCUT2D eigenvalue weighted by atomic mass is 35.5. The lowest BCUT2D eigenvalue weighted by atomic mass is 10.1. The second-order valence-electron chi connectivity index (χ2n) is 5.16. The standard InChI is InChI=1S/C16H15Cl2FN2O3/c1-7(2)24-16(22)14-12(18)10(20)6-11(21-14)8-4-5-9(17)15(23-3)13(8)19/h4-7H,1-3H3,(H2,20,21). The van der Waals surface area contributed by atoms with Gasteiger partial charge in [0.1, 0.15) is 0 Å². The van der Waals surface area contributed by atoms with E-state index in [-0.39, 0.29) is 44.5 Å². The first-order valence-electron chi connectivity index (χ1n) is 6.95. The van der Waals surface area contributed by atoms with E-state index in [4.69, 9.17) is 38.4 Å². The Balaban J connectivity index is 2.61. The summed E-state index contributed by atoms with van der Waals surface area (Å²) in [6.45, 7) is 3.37. The molecule has 2 N–H and O–H groups in total. The molecule has 1 aromatic heterocycles. The summed E-state index contributed by atoms with van der Waals surface area (Å²) in [7, 11) is 1.29. The number of carbonyl (C=O) groups excluding carboxylic acids is 1. The highest BCUT2D eigenvalue weighted by molar-refractivity contribution is 6.35. The smallest absolute Gasteiger partial charge is 0.358 e. The van der Waals surface area contributed by atoms with Gasteiger partial charge in [-0.05, 0) is 32.0 Å². The Morgan fingerprint density at radius 1 is 1.33 bits per heavy atom. The van der Waals surface area contributed by atoms with E-state index in [1.54, 1.807) is 13.8 Å². The molecule has 0 aliphatic carbocycles. The molecule has 0 atom stereocenters. The van der Waals surface area contributed by atoms with Crippen LogP contribution in [0.3, 0.4) is 0 Å². The van der Waals surface area contributed by atoms with Gasteiger partial charge in [0.2, 0.25) is 0 Å². The van der Waals surface area contributed by atoms with Crippen molar-refractivity contribution in [3.8, 4) is 17.0 Å². The van der Waals surface area contributed by atoms with Gasteiger partial charge in [0.25, 0.3) is 0 Å². The number of nitrogen functional groups attached to an aromatic ring is 1. The van der Waals surface area contributed by atoms with Crippen molar-refractivity contribution < 1.29 is 18.7 Å². The lowest BCUT2D eigenvalue weighted by Gasteiger charge is -2.13. The van der Waals surface area contributed by atoms with E-state index in [2.05, 4.69) is 4.98 Å². The summed E-state index contributed by atoms with van der Waals surface area (Å²) in [5.74, 6) is -1.59. The summed E-state index contributed by atoms with van der Waals surface area (Å²) in [5.41, 5.74) is 5.89. The maximum absolute atomic E-state index is 14.6. The number of nitrogens with zero attached hydrogens (tertiary/aromatic N) is 1. The molecule has 2 aromatic rings. The van der Waals surface area contributed by atoms with Crippen molar-refractivity contribution in [1.29, 1.82) is 0 Å². The molecular formula is C16H15Cl2FN2O3. The number of methoxy groups -OCH3 is 1. The topological polar surface area (TPSA) is 74.4 Å². The van der Waals surface area contributed by atoms with Crippen molar-refractivity contribution in [1.82, 2.24) is 4.98 Å². The molecule has 2 rings (SSSR count). The fourth-order valence-corrected chi connectivity index (χ4v) is 2.41. The molecule has 0 fully saturated rings. The Kier molecular flexibility index (Phi) is 5.51. The number of nitrogens with two attached hydrogens (primary N) is 1. The van der Waals surface area contributed by atoms with Crippen LogP contribution in [0, 0.1) is 5.82 Å². The number of rotatable bonds is 4. The van der Waals surface area contributed by atoms with Gasteiger partial charge in [-0.2, -0.15) is 0 Å². The number of anilines is 1. The van der Waals surface area contributed by atoms with E-state index in [9.17, 15) is 9.18 Å². The summed E-state index contributed by atoms with van der Waals surface area (Å²) >= 11 is 11.9. The molecule has 0 bridgehead atoms. The molecule has 0 radical (unpaired) electrons. The predicted molar refractivity (Wildman–Crippen MR) is 91.2 cm³/mol. The van der Waals surface area contributed by atoms with Crippen LogP contribution in [0.5, 0.6) is 5.75 Å². The third-order valence-electron chi connectivity index (χ3n) is 3.05. The molecule has 1 heterocycles. The van der Waals surface area contributed by atoms with Gasteiger partial charge >= 0.3 is 5.97 Å². The zero-order valence-corrected chi connectivity index (χ0v) is 14.7. The van der Waals surface area contributed by atoms with Crippen LogP contribution < -0.4 is 10.5 Å². The van der Waals surface area contributed by atoms with Crippen molar-refractivity contribution in [2.45, 2.75) is 20.0 Å². The first kappa shape index (κ1) is 18.3. The molecule has 0 aliphatic heterocycles. The van der Waals surface area contributed by atoms with Crippen LogP contribution >= 0.6 is 23.2 Å². The summed E-state index contributed by atoms with van der Waals surface area (Å²) in [4.78, 5) is 16.2. The summed E-state index contributed by atoms with van der Waals surface area (Å²) in [6.07, 6.45) is -0.368. The van der Waals surface area contributed by atoms with Crippen molar-refractivity contribution in [3.63, 3.8) is 0 Å². The predicted octanol–water partition coefficient (Wildman–Crippen LogP) is 4.35. The highest BCUT2D eigenvalue weighted by Crippen LogP contribution is 2.36.